The van der Waals surface area contributed by atoms with Crippen LogP contribution >= 0.6 is 0 Å². The molecule has 0 fully saturated rings. The van der Waals surface area contributed by atoms with Gasteiger partial charge in [-0.15, -0.1) is 5.16 Å². The summed E-state index contributed by atoms with van der Waals surface area (Å²) < 4.78 is 30.8. The molecule has 0 bridgehead atoms. The Bertz CT molecular complexity index is 513. The third kappa shape index (κ3) is 6.35. The van der Waals surface area contributed by atoms with Gasteiger partial charge in [0.2, 0.25) is 0 Å². The Labute approximate surface area is 114 Å². The topological polar surface area (TPSA) is 87.0 Å². The molecule has 2 N–H and O–H groups in total. The van der Waals surface area contributed by atoms with Crippen molar-refractivity contribution in [3.8, 4) is 0 Å². The van der Waals surface area contributed by atoms with Crippen LogP contribution in [0.2, 0.25) is 0 Å². The van der Waals surface area contributed by atoms with Gasteiger partial charge in [0.1, 0.15) is 0 Å². The summed E-state index contributed by atoms with van der Waals surface area (Å²) >= 11 is 0. The Kier molecular flexibility index (Phi) is 7.33. The van der Waals surface area contributed by atoms with E-state index < -0.39 is 10.1 Å². The molecule has 1 aromatic rings. The fourth-order valence-electron chi connectivity index (χ4n) is 1.76. The second-order valence-corrected chi connectivity index (χ2v) is 5.65. The fourth-order valence-corrected chi connectivity index (χ4v) is 2.69. The highest BCUT2D eigenvalue weighted by atomic mass is 32.2. The number of unbranched alkanes of at least 4 members (excludes halogenated alkanes) is 1. The molecule has 5 nitrogen and oxygen atoms in total. The van der Waals surface area contributed by atoms with E-state index in [9.17, 15) is 8.42 Å². The molecule has 0 amide bonds. The van der Waals surface area contributed by atoms with Gasteiger partial charge in [0.05, 0.1) is 4.90 Å². The van der Waals surface area contributed by atoms with Gasteiger partial charge in [0.15, 0.2) is 0 Å². The van der Waals surface area contributed by atoms with Crippen molar-refractivity contribution in [2.75, 3.05) is 0 Å². The summed E-state index contributed by atoms with van der Waals surface area (Å²) in [6, 6.07) is 3.46. The normalized spacial score (nSPS) is 11.2. The highest BCUT2D eigenvalue weighted by Gasteiger charge is 2.15. The maximum atomic E-state index is 10.9. The van der Waals surface area contributed by atoms with Crippen molar-refractivity contribution in [2.24, 2.45) is 5.16 Å². The molecule has 0 aliphatic rings. The first kappa shape index (κ1) is 17.6. The van der Waals surface area contributed by atoms with Crippen LogP contribution in [0.4, 0.5) is 0 Å². The van der Waals surface area contributed by atoms with Crippen molar-refractivity contribution in [3.05, 3.63) is 28.8 Å². The zero-order valence-corrected chi connectivity index (χ0v) is 12.5. The SMILES string of the molecule is CCCC=NO.Cc1cc(C)c(S(=O)(=O)O)c(C)c1. The van der Waals surface area contributed by atoms with Gasteiger partial charge < -0.3 is 5.21 Å². The Morgan fingerprint density at radius 1 is 1.21 bits per heavy atom. The van der Waals surface area contributed by atoms with E-state index in [4.69, 9.17) is 9.76 Å². The van der Waals surface area contributed by atoms with Crippen molar-refractivity contribution in [1.82, 2.24) is 0 Å². The molecular weight excluding hydrogens is 266 g/mol. The third-order valence-electron chi connectivity index (χ3n) is 2.36. The number of rotatable bonds is 3. The summed E-state index contributed by atoms with van der Waals surface area (Å²) in [5.41, 5.74) is 2.16. The number of benzene rings is 1. The van der Waals surface area contributed by atoms with E-state index in [-0.39, 0.29) is 4.90 Å². The molecule has 0 heterocycles. The average Bonchev–Trinajstić information content (AvgIpc) is 2.23. The van der Waals surface area contributed by atoms with E-state index >= 15 is 0 Å². The molecule has 108 valence electrons. The van der Waals surface area contributed by atoms with Crippen LogP contribution in [0.1, 0.15) is 36.5 Å². The summed E-state index contributed by atoms with van der Waals surface area (Å²) in [7, 11) is -4.08. The molecule has 0 saturated heterocycles. The lowest BCUT2D eigenvalue weighted by atomic mass is 10.1. The van der Waals surface area contributed by atoms with Gasteiger partial charge in [0.25, 0.3) is 10.1 Å². The van der Waals surface area contributed by atoms with Crippen LogP contribution in [0.25, 0.3) is 0 Å². The monoisotopic (exact) mass is 287 g/mol. The highest BCUT2D eigenvalue weighted by Crippen LogP contribution is 2.20. The van der Waals surface area contributed by atoms with E-state index in [0.717, 1.165) is 18.4 Å². The maximum absolute atomic E-state index is 10.9. The molecule has 0 spiro atoms. The van der Waals surface area contributed by atoms with Gasteiger partial charge in [-0.2, -0.15) is 8.42 Å². The van der Waals surface area contributed by atoms with Gasteiger partial charge in [-0.05, 0) is 38.3 Å². The van der Waals surface area contributed by atoms with E-state index in [1.165, 1.54) is 6.21 Å². The molecule has 6 heteroatoms. The zero-order valence-electron chi connectivity index (χ0n) is 11.7. The Morgan fingerprint density at radius 2 is 1.68 bits per heavy atom. The van der Waals surface area contributed by atoms with Crippen molar-refractivity contribution in [3.63, 3.8) is 0 Å². The first-order valence-electron chi connectivity index (χ1n) is 5.95. The number of hydrogen-bond acceptors (Lipinski definition) is 4. The lowest BCUT2D eigenvalue weighted by Crippen LogP contribution is -2.04. The van der Waals surface area contributed by atoms with Crippen LogP contribution in [-0.4, -0.2) is 24.4 Å². The first-order valence-corrected chi connectivity index (χ1v) is 7.39. The van der Waals surface area contributed by atoms with E-state index in [1.807, 2.05) is 13.8 Å². The number of aryl methyl sites for hydroxylation is 3. The van der Waals surface area contributed by atoms with Crippen LogP contribution in [-0.2, 0) is 10.1 Å². The summed E-state index contributed by atoms with van der Waals surface area (Å²) in [6.45, 7) is 7.25. The molecule has 0 saturated carbocycles. The molecule has 1 aromatic carbocycles. The molecule has 0 atom stereocenters. The predicted octanol–water partition coefficient (Wildman–Crippen LogP) is 3.11. The summed E-state index contributed by atoms with van der Waals surface area (Å²) in [5.74, 6) is 0. The minimum absolute atomic E-state index is 0.0260. The fraction of sp³-hybridized carbons (Fsp3) is 0.462. The number of oxime groups is 1. The van der Waals surface area contributed by atoms with E-state index in [2.05, 4.69) is 5.16 Å². The van der Waals surface area contributed by atoms with Crippen molar-refractivity contribution < 1.29 is 18.2 Å². The zero-order chi connectivity index (χ0) is 15.1. The lowest BCUT2D eigenvalue weighted by Gasteiger charge is -2.07. The second-order valence-electron chi connectivity index (χ2n) is 4.29. The van der Waals surface area contributed by atoms with Crippen LogP contribution in [0.5, 0.6) is 0 Å². The highest BCUT2D eigenvalue weighted by molar-refractivity contribution is 7.86. The van der Waals surface area contributed by atoms with Gasteiger partial charge in [-0.3, -0.25) is 4.55 Å². The standard InChI is InChI=1S/C9H12O3S.C4H9NO/c1-6-4-7(2)9(8(3)5-6)13(10,11)12;1-2-3-4-5-6/h4-5H,1-3H3,(H,10,11,12);4,6H,2-3H2,1H3. The molecule has 0 radical (unpaired) electrons. The van der Waals surface area contributed by atoms with Crippen LogP contribution in [0.15, 0.2) is 22.2 Å². The average molecular weight is 287 g/mol. The third-order valence-corrected chi connectivity index (χ3v) is 3.52. The molecule has 0 aromatic heterocycles. The van der Waals surface area contributed by atoms with Gasteiger partial charge >= 0.3 is 0 Å². The minimum Gasteiger partial charge on any atom is -0.411 e. The van der Waals surface area contributed by atoms with Crippen molar-refractivity contribution in [2.45, 2.75) is 45.4 Å². The maximum Gasteiger partial charge on any atom is 0.295 e. The van der Waals surface area contributed by atoms with Gasteiger partial charge in [-0.25, -0.2) is 0 Å². The molecule has 1 rings (SSSR count). The molecule has 0 unspecified atom stereocenters. The summed E-state index contributed by atoms with van der Waals surface area (Å²) in [4.78, 5) is 0.0260. The Hall–Kier alpha value is -1.40. The Morgan fingerprint density at radius 3 is 1.95 bits per heavy atom. The largest absolute Gasteiger partial charge is 0.411 e. The smallest absolute Gasteiger partial charge is 0.295 e. The van der Waals surface area contributed by atoms with Crippen LogP contribution < -0.4 is 0 Å². The summed E-state index contributed by atoms with van der Waals surface area (Å²) in [6.07, 6.45) is 3.40. The Balaban J connectivity index is 0.000000459. The van der Waals surface area contributed by atoms with Gasteiger partial charge in [0, 0.05) is 6.21 Å². The predicted molar refractivity (Wildman–Crippen MR) is 75.7 cm³/mol. The summed E-state index contributed by atoms with van der Waals surface area (Å²) in [5, 5.41) is 10.6. The quantitative estimate of drug-likeness (QED) is 0.387. The first-order chi connectivity index (χ1) is 8.73. The van der Waals surface area contributed by atoms with E-state index in [0.29, 0.717) is 11.1 Å². The van der Waals surface area contributed by atoms with Crippen molar-refractivity contribution >= 4 is 16.3 Å². The van der Waals surface area contributed by atoms with Gasteiger partial charge in [-0.1, -0.05) is 31.0 Å². The number of nitrogens with zero attached hydrogens (tertiary/aromatic N) is 1. The van der Waals surface area contributed by atoms with E-state index in [1.54, 1.807) is 26.0 Å². The second kappa shape index (κ2) is 7.91. The van der Waals surface area contributed by atoms with Crippen LogP contribution in [0.3, 0.4) is 0 Å². The molecule has 0 aliphatic carbocycles. The van der Waals surface area contributed by atoms with Crippen molar-refractivity contribution in [1.29, 1.82) is 0 Å². The molecule has 0 aliphatic heterocycles. The minimum atomic E-state index is -4.08. The molecular formula is C13H21NO4S. The lowest BCUT2D eigenvalue weighted by molar-refractivity contribution is 0.320. The van der Waals surface area contributed by atoms with Crippen LogP contribution in [0, 0.1) is 20.8 Å². The number of hydrogen-bond donors (Lipinski definition) is 2. The molecule has 19 heavy (non-hydrogen) atoms.